The predicted octanol–water partition coefficient (Wildman–Crippen LogP) is 3.03. The Labute approximate surface area is 178 Å². The first-order valence-electron chi connectivity index (χ1n) is 9.01. The molecule has 0 spiro atoms. The summed E-state index contributed by atoms with van der Waals surface area (Å²) in [7, 11) is 5.08. The topological polar surface area (TPSA) is 98.9 Å². The van der Waals surface area contributed by atoms with Crippen LogP contribution in [-0.4, -0.2) is 50.8 Å². The van der Waals surface area contributed by atoms with E-state index in [9.17, 15) is 19.8 Å². The average molecular weight is 429 g/mol. The monoisotopic (exact) mass is 428 g/mol. The third-order valence-corrected chi connectivity index (χ3v) is 4.76. The second-order valence-electron chi connectivity index (χ2n) is 6.94. The van der Waals surface area contributed by atoms with Gasteiger partial charge in [0.15, 0.2) is 0 Å². The van der Waals surface area contributed by atoms with Gasteiger partial charge in [-0.2, -0.15) is 5.10 Å². The maximum absolute atomic E-state index is 13.3. The van der Waals surface area contributed by atoms with Crippen molar-refractivity contribution in [3.05, 3.63) is 70.5 Å². The van der Waals surface area contributed by atoms with Crippen LogP contribution in [-0.2, 0) is 13.6 Å². The van der Waals surface area contributed by atoms with E-state index in [1.165, 1.54) is 15.9 Å². The lowest BCUT2D eigenvalue weighted by molar-refractivity contribution is 0.0827. The summed E-state index contributed by atoms with van der Waals surface area (Å²) >= 11 is 5.94. The number of aryl methyl sites for hydroxylation is 1. The first-order valence-corrected chi connectivity index (χ1v) is 9.38. The number of carbonyl (C=O) groups is 2. The van der Waals surface area contributed by atoms with E-state index in [1.54, 1.807) is 62.4 Å². The van der Waals surface area contributed by atoms with Crippen LogP contribution in [0.3, 0.4) is 0 Å². The highest BCUT2D eigenvalue weighted by molar-refractivity contribution is 6.32. The Morgan fingerprint density at radius 3 is 2.27 bits per heavy atom. The molecule has 0 radical (unpaired) electrons. The zero-order valence-electron chi connectivity index (χ0n) is 16.7. The Morgan fingerprint density at radius 2 is 1.70 bits per heavy atom. The number of hydrogen-bond donors (Lipinski definition) is 2. The van der Waals surface area contributed by atoms with E-state index in [4.69, 9.17) is 11.6 Å². The van der Waals surface area contributed by atoms with Gasteiger partial charge in [-0.25, -0.2) is 0 Å². The van der Waals surface area contributed by atoms with Crippen LogP contribution >= 0.6 is 11.6 Å². The zero-order chi connectivity index (χ0) is 22.0. The highest BCUT2D eigenvalue weighted by Gasteiger charge is 2.24. The fraction of sp³-hybridized carbons (Fsp3) is 0.190. The van der Waals surface area contributed by atoms with Crippen molar-refractivity contribution in [3.8, 4) is 11.5 Å². The Kier molecular flexibility index (Phi) is 5.98. The molecule has 2 aromatic carbocycles. The summed E-state index contributed by atoms with van der Waals surface area (Å²) in [4.78, 5) is 28.3. The molecule has 0 fully saturated rings. The lowest BCUT2D eigenvalue weighted by atomic mass is 10.1. The number of amides is 2. The molecular formula is C21H21ClN4O4. The molecule has 1 aromatic heterocycles. The fourth-order valence-corrected chi connectivity index (χ4v) is 3.06. The Hall–Kier alpha value is -3.52. The smallest absolute Gasteiger partial charge is 0.262 e. The van der Waals surface area contributed by atoms with E-state index < -0.39 is 11.7 Å². The zero-order valence-corrected chi connectivity index (χ0v) is 17.5. The standard InChI is InChI=1S/C21H21ClN4O4/c1-24(2)20(29)13-4-6-15(7-5-13)26(12-14-8-9-25(3)23-14)21(30)16-10-17(22)19(28)11-18(16)27/h4-11,27-28H,12H2,1-3H3. The Bertz CT molecular complexity index is 1090. The van der Waals surface area contributed by atoms with Gasteiger partial charge in [0, 0.05) is 44.7 Å². The summed E-state index contributed by atoms with van der Waals surface area (Å²) in [5.74, 6) is -1.42. The Balaban J connectivity index is 2.01. The van der Waals surface area contributed by atoms with Crippen LogP contribution in [0.1, 0.15) is 26.4 Å². The van der Waals surface area contributed by atoms with E-state index in [1.807, 2.05) is 0 Å². The minimum Gasteiger partial charge on any atom is -0.507 e. The number of aromatic hydroxyl groups is 2. The maximum atomic E-state index is 13.3. The van der Waals surface area contributed by atoms with Crippen molar-refractivity contribution in [2.75, 3.05) is 19.0 Å². The molecule has 0 aliphatic carbocycles. The molecule has 1 heterocycles. The molecule has 0 atom stereocenters. The van der Waals surface area contributed by atoms with Gasteiger partial charge in [0.05, 0.1) is 22.8 Å². The Morgan fingerprint density at radius 1 is 1.03 bits per heavy atom. The number of phenols is 2. The minimum atomic E-state index is -0.535. The van der Waals surface area contributed by atoms with Crippen LogP contribution in [0, 0.1) is 0 Å². The predicted molar refractivity (Wildman–Crippen MR) is 113 cm³/mol. The van der Waals surface area contributed by atoms with Crippen molar-refractivity contribution in [1.29, 1.82) is 0 Å². The number of phenolic OH excluding ortho intramolecular Hbond substituents is 2. The molecule has 0 unspecified atom stereocenters. The number of anilines is 1. The van der Waals surface area contributed by atoms with Crippen LogP contribution in [0.5, 0.6) is 11.5 Å². The van der Waals surface area contributed by atoms with E-state index >= 15 is 0 Å². The van der Waals surface area contributed by atoms with Crippen LogP contribution in [0.4, 0.5) is 5.69 Å². The van der Waals surface area contributed by atoms with Gasteiger partial charge in [0.1, 0.15) is 11.5 Å². The van der Waals surface area contributed by atoms with Gasteiger partial charge < -0.3 is 20.0 Å². The van der Waals surface area contributed by atoms with Crippen molar-refractivity contribution in [2.24, 2.45) is 7.05 Å². The largest absolute Gasteiger partial charge is 0.507 e. The molecule has 3 aromatic rings. The first-order chi connectivity index (χ1) is 14.2. The second kappa shape index (κ2) is 8.46. The number of nitrogens with zero attached hydrogens (tertiary/aromatic N) is 4. The summed E-state index contributed by atoms with van der Waals surface area (Å²) in [5, 5.41) is 24.1. The summed E-state index contributed by atoms with van der Waals surface area (Å²) in [5.41, 5.74) is 1.54. The van der Waals surface area contributed by atoms with Crippen LogP contribution in [0.25, 0.3) is 0 Å². The molecule has 0 bridgehead atoms. The molecule has 0 aliphatic heterocycles. The van der Waals surface area contributed by atoms with Gasteiger partial charge in [-0.3, -0.25) is 14.3 Å². The maximum Gasteiger partial charge on any atom is 0.262 e. The summed E-state index contributed by atoms with van der Waals surface area (Å²) in [6, 6.07) is 10.6. The molecule has 2 amide bonds. The quantitative estimate of drug-likeness (QED) is 0.650. The summed E-state index contributed by atoms with van der Waals surface area (Å²) < 4.78 is 1.62. The average Bonchev–Trinajstić information content (AvgIpc) is 3.13. The van der Waals surface area contributed by atoms with E-state index in [0.29, 0.717) is 16.9 Å². The molecule has 156 valence electrons. The highest BCUT2D eigenvalue weighted by Crippen LogP contribution is 2.33. The lowest BCUT2D eigenvalue weighted by Gasteiger charge is -2.23. The number of halogens is 1. The number of carbonyl (C=O) groups excluding carboxylic acids is 2. The summed E-state index contributed by atoms with van der Waals surface area (Å²) in [6.45, 7) is 0.124. The number of rotatable bonds is 5. The molecule has 2 N–H and O–H groups in total. The molecule has 30 heavy (non-hydrogen) atoms. The van der Waals surface area contributed by atoms with Gasteiger partial charge in [-0.1, -0.05) is 11.6 Å². The van der Waals surface area contributed by atoms with Gasteiger partial charge in [-0.15, -0.1) is 0 Å². The van der Waals surface area contributed by atoms with Gasteiger partial charge in [0.25, 0.3) is 11.8 Å². The van der Waals surface area contributed by atoms with Crippen molar-refractivity contribution < 1.29 is 19.8 Å². The molecule has 3 rings (SSSR count). The molecule has 0 saturated heterocycles. The van der Waals surface area contributed by atoms with E-state index in [-0.39, 0.29) is 28.8 Å². The van der Waals surface area contributed by atoms with Gasteiger partial charge >= 0.3 is 0 Å². The fourth-order valence-electron chi connectivity index (χ4n) is 2.90. The first kappa shape index (κ1) is 21.2. The SMILES string of the molecule is CN(C)C(=O)c1ccc(N(Cc2ccn(C)n2)C(=O)c2cc(Cl)c(O)cc2O)cc1. The van der Waals surface area contributed by atoms with Gasteiger partial charge in [0.2, 0.25) is 0 Å². The van der Waals surface area contributed by atoms with Crippen LogP contribution < -0.4 is 4.90 Å². The number of hydrogen-bond acceptors (Lipinski definition) is 5. The van der Waals surface area contributed by atoms with Crippen molar-refractivity contribution >= 4 is 29.1 Å². The van der Waals surface area contributed by atoms with Gasteiger partial charge in [-0.05, 0) is 36.4 Å². The molecular weight excluding hydrogens is 408 g/mol. The molecule has 0 aliphatic rings. The molecule has 8 nitrogen and oxygen atoms in total. The second-order valence-corrected chi connectivity index (χ2v) is 7.35. The van der Waals surface area contributed by atoms with Crippen molar-refractivity contribution in [1.82, 2.24) is 14.7 Å². The van der Waals surface area contributed by atoms with Crippen molar-refractivity contribution in [3.63, 3.8) is 0 Å². The van der Waals surface area contributed by atoms with Crippen LogP contribution in [0.15, 0.2) is 48.7 Å². The lowest BCUT2D eigenvalue weighted by Crippen LogP contribution is -2.31. The highest BCUT2D eigenvalue weighted by atomic mass is 35.5. The molecule has 0 saturated carbocycles. The number of aromatic nitrogens is 2. The number of benzene rings is 2. The van der Waals surface area contributed by atoms with Crippen LogP contribution in [0.2, 0.25) is 5.02 Å². The third kappa shape index (κ3) is 4.38. The van der Waals surface area contributed by atoms with E-state index in [2.05, 4.69) is 5.10 Å². The normalized spacial score (nSPS) is 10.7. The third-order valence-electron chi connectivity index (χ3n) is 4.46. The van der Waals surface area contributed by atoms with Crippen molar-refractivity contribution in [2.45, 2.75) is 6.54 Å². The molecule has 9 heteroatoms. The minimum absolute atomic E-state index is 0.0548. The summed E-state index contributed by atoms with van der Waals surface area (Å²) in [6.07, 6.45) is 1.76. The van der Waals surface area contributed by atoms with E-state index in [0.717, 1.165) is 6.07 Å².